The molecule has 2 N–H and O–H groups in total. The van der Waals surface area contributed by atoms with Crippen molar-refractivity contribution in [1.82, 2.24) is 14.6 Å². The van der Waals surface area contributed by atoms with E-state index < -0.39 is 5.97 Å². The van der Waals surface area contributed by atoms with E-state index in [9.17, 15) is 10.1 Å². The molecular weight excluding hydrogens is 330 g/mol. The number of fused-ring (bicyclic) bond motifs is 1. The minimum Gasteiger partial charge on any atom is -0.462 e. The summed E-state index contributed by atoms with van der Waals surface area (Å²) in [5.41, 5.74) is 11.2. The molecule has 0 aliphatic heterocycles. The van der Waals surface area contributed by atoms with Crippen molar-refractivity contribution >= 4 is 17.4 Å². The SMILES string of the molecule is CCOC(=O)c1cnn2c(N)c(C#N)c(-c3c(C)cc(C)cc3C)nc12. The molecule has 0 saturated heterocycles. The molecule has 0 atom stereocenters. The maximum absolute atomic E-state index is 12.2. The third-order valence-electron chi connectivity index (χ3n) is 4.20. The standard InChI is InChI=1S/C19H19N5O2/c1-5-26-19(25)14-9-22-24-17(21)13(8-20)16(23-18(14)24)15-11(3)6-10(2)7-12(15)4/h6-7,9H,5,21H2,1-4H3. The van der Waals surface area contributed by atoms with Gasteiger partial charge >= 0.3 is 5.97 Å². The van der Waals surface area contributed by atoms with Gasteiger partial charge in [0.05, 0.1) is 18.5 Å². The molecule has 1 aromatic carbocycles. The summed E-state index contributed by atoms with van der Waals surface area (Å²) in [6.07, 6.45) is 1.36. The Bertz CT molecular complexity index is 1050. The molecule has 3 rings (SSSR count). The Balaban J connectivity index is 2.38. The summed E-state index contributed by atoms with van der Waals surface area (Å²) in [5.74, 6) is -0.384. The van der Waals surface area contributed by atoms with Crippen LogP contribution in [-0.4, -0.2) is 27.2 Å². The van der Waals surface area contributed by atoms with Gasteiger partial charge in [-0.1, -0.05) is 17.7 Å². The average Bonchev–Trinajstić information content (AvgIpc) is 2.98. The minimum absolute atomic E-state index is 0.141. The molecule has 2 aromatic heterocycles. The zero-order valence-corrected chi connectivity index (χ0v) is 15.1. The minimum atomic E-state index is -0.526. The van der Waals surface area contributed by atoms with E-state index in [0.29, 0.717) is 5.69 Å². The number of nitriles is 1. The third-order valence-corrected chi connectivity index (χ3v) is 4.20. The molecular formula is C19H19N5O2. The Morgan fingerprint density at radius 1 is 1.31 bits per heavy atom. The summed E-state index contributed by atoms with van der Waals surface area (Å²) in [5, 5.41) is 13.8. The van der Waals surface area contributed by atoms with E-state index in [1.165, 1.54) is 10.7 Å². The Hall–Kier alpha value is -3.40. The van der Waals surface area contributed by atoms with Crippen LogP contribution in [-0.2, 0) is 4.74 Å². The van der Waals surface area contributed by atoms with Crippen LogP contribution in [0.15, 0.2) is 18.3 Å². The van der Waals surface area contributed by atoms with Crippen LogP contribution in [0.3, 0.4) is 0 Å². The van der Waals surface area contributed by atoms with Gasteiger partial charge in [0, 0.05) is 5.56 Å². The largest absolute Gasteiger partial charge is 0.462 e. The van der Waals surface area contributed by atoms with Crippen molar-refractivity contribution in [3.05, 3.63) is 46.1 Å². The second-order valence-electron chi connectivity index (χ2n) is 6.12. The fraction of sp³-hybridized carbons (Fsp3) is 0.263. The molecule has 2 heterocycles. The van der Waals surface area contributed by atoms with Gasteiger partial charge in [0.2, 0.25) is 0 Å². The van der Waals surface area contributed by atoms with Crippen LogP contribution in [0.4, 0.5) is 5.82 Å². The summed E-state index contributed by atoms with van der Waals surface area (Å²) in [7, 11) is 0. The lowest BCUT2D eigenvalue weighted by Gasteiger charge is -2.14. The summed E-state index contributed by atoms with van der Waals surface area (Å²) in [6.45, 7) is 7.90. The zero-order valence-electron chi connectivity index (χ0n) is 15.1. The lowest BCUT2D eigenvalue weighted by molar-refractivity contribution is 0.0528. The number of carbonyl (C=O) groups excluding carboxylic acids is 1. The van der Waals surface area contributed by atoms with Gasteiger partial charge in [-0.3, -0.25) is 0 Å². The van der Waals surface area contributed by atoms with Crippen LogP contribution in [0.5, 0.6) is 0 Å². The molecule has 0 amide bonds. The van der Waals surface area contributed by atoms with Crippen LogP contribution in [0.2, 0.25) is 0 Å². The number of aromatic nitrogens is 3. The number of ether oxygens (including phenoxy) is 1. The van der Waals surface area contributed by atoms with Gasteiger partial charge in [-0.25, -0.2) is 9.78 Å². The van der Waals surface area contributed by atoms with E-state index in [2.05, 4.69) is 16.2 Å². The number of benzene rings is 1. The highest BCUT2D eigenvalue weighted by atomic mass is 16.5. The predicted molar refractivity (Wildman–Crippen MR) is 97.7 cm³/mol. The fourth-order valence-electron chi connectivity index (χ4n) is 3.21. The molecule has 0 bridgehead atoms. The van der Waals surface area contributed by atoms with Gasteiger partial charge in [0.15, 0.2) is 5.65 Å². The molecule has 0 spiro atoms. The first-order valence-electron chi connectivity index (χ1n) is 8.21. The molecule has 0 radical (unpaired) electrons. The predicted octanol–water partition coefficient (Wildman–Crippen LogP) is 2.95. The lowest BCUT2D eigenvalue weighted by Crippen LogP contribution is -2.10. The van der Waals surface area contributed by atoms with Gasteiger partial charge in [0.1, 0.15) is 23.0 Å². The van der Waals surface area contributed by atoms with Crippen molar-refractivity contribution in [1.29, 1.82) is 5.26 Å². The van der Waals surface area contributed by atoms with Crippen molar-refractivity contribution in [2.75, 3.05) is 12.3 Å². The van der Waals surface area contributed by atoms with Gasteiger partial charge in [-0.05, 0) is 38.8 Å². The van der Waals surface area contributed by atoms with E-state index in [-0.39, 0.29) is 29.2 Å². The maximum atomic E-state index is 12.2. The monoisotopic (exact) mass is 349 g/mol. The second-order valence-corrected chi connectivity index (χ2v) is 6.12. The molecule has 0 saturated carbocycles. The smallest absolute Gasteiger partial charge is 0.343 e. The lowest BCUT2D eigenvalue weighted by atomic mass is 9.95. The van der Waals surface area contributed by atoms with Crippen LogP contribution >= 0.6 is 0 Å². The summed E-state index contributed by atoms with van der Waals surface area (Å²) in [6, 6.07) is 6.17. The topological polar surface area (TPSA) is 106 Å². The zero-order chi connectivity index (χ0) is 19.0. The molecule has 7 heteroatoms. The molecule has 3 aromatic rings. The van der Waals surface area contributed by atoms with Crippen molar-refractivity contribution < 1.29 is 9.53 Å². The number of aryl methyl sites for hydroxylation is 3. The van der Waals surface area contributed by atoms with Gasteiger partial charge in [-0.15, -0.1) is 0 Å². The van der Waals surface area contributed by atoms with E-state index in [0.717, 1.165) is 22.3 Å². The van der Waals surface area contributed by atoms with Crippen LogP contribution < -0.4 is 5.73 Å². The Kier molecular flexibility index (Phi) is 4.34. The molecule has 26 heavy (non-hydrogen) atoms. The van der Waals surface area contributed by atoms with E-state index in [4.69, 9.17) is 10.5 Å². The Morgan fingerprint density at radius 2 is 1.96 bits per heavy atom. The Morgan fingerprint density at radius 3 is 2.54 bits per heavy atom. The fourth-order valence-corrected chi connectivity index (χ4v) is 3.21. The maximum Gasteiger partial charge on any atom is 0.343 e. The Labute approximate surface area is 151 Å². The molecule has 0 aliphatic carbocycles. The number of rotatable bonds is 3. The van der Waals surface area contributed by atoms with Crippen molar-refractivity contribution in [2.24, 2.45) is 0 Å². The number of hydrogen-bond acceptors (Lipinski definition) is 6. The van der Waals surface area contributed by atoms with Gasteiger partial charge in [-0.2, -0.15) is 14.9 Å². The summed E-state index contributed by atoms with van der Waals surface area (Å²) in [4.78, 5) is 16.8. The number of nitrogens with two attached hydrogens (primary N) is 1. The van der Waals surface area contributed by atoms with E-state index in [1.54, 1.807) is 6.92 Å². The quantitative estimate of drug-likeness (QED) is 0.729. The molecule has 0 fully saturated rings. The summed E-state index contributed by atoms with van der Waals surface area (Å²) < 4.78 is 6.36. The van der Waals surface area contributed by atoms with E-state index in [1.807, 2.05) is 32.9 Å². The molecule has 132 valence electrons. The van der Waals surface area contributed by atoms with Crippen molar-refractivity contribution in [2.45, 2.75) is 27.7 Å². The first-order chi connectivity index (χ1) is 12.4. The number of nitrogens with zero attached hydrogens (tertiary/aromatic N) is 4. The van der Waals surface area contributed by atoms with Gasteiger partial charge < -0.3 is 10.5 Å². The normalized spacial score (nSPS) is 10.7. The highest BCUT2D eigenvalue weighted by molar-refractivity contribution is 5.96. The van der Waals surface area contributed by atoms with Gasteiger partial charge in [0.25, 0.3) is 0 Å². The second kappa shape index (κ2) is 6.48. The molecule has 0 aliphatic rings. The molecule has 0 unspecified atom stereocenters. The average molecular weight is 349 g/mol. The molecule has 7 nitrogen and oxygen atoms in total. The van der Waals surface area contributed by atoms with E-state index >= 15 is 0 Å². The van der Waals surface area contributed by atoms with Crippen LogP contribution in [0.25, 0.3) is 16.9 Å². The first-order valence-corrected chi connectivity index (χ1v) is 8.21. The number of esters is 1. The number of carbonyl (C=O) groups is 1. The highest BCUT2D eigenvalue weighted by Gasteiger charge is 2.23. The number of hydrogen-bond donors (Lipinski definition) is 1. The highest BCUT2D eigenvalue weighted by Crippen LogP contribution is 2.33. The summed E-state index contributed by atoms with van der Waals surface area (Å²) >= 11 is 0. The van der Waals surface area contributed by atoms with Crippen molar-refractivity contribution in [3.63, 3.8) is 0 Å². The third kappa shape index (κ3) is 2.65. The number of nitrogen functional groups attached to an aromatic ring is 1. The van der Waals surface area contributed by atoms with Crippen LogP contribution in [0.1, 0.15) is 39.5 Å². The number of anilines is 1. The van der Waals surface area contributed by atoms with Crippen molar-refractivity contribution in [3.8, 4) is 17.3 Å². The first kappa shape index (κ1) is 17.4. The van der Waals surface area contributed by atoms with Crippen LogP contribution in [0, 0.1) is 32.1 Å².